The second-order valence-electron chi connectivity index (χ2n) is 4.15. The number of ether oxygens (including phenoxy) is 1. The van der Waals surface area contributed by atoms with Crippen LogP contribution in [0.5, 0.6) is 5.75 Å². The van der Waals surface area contributed by atoms with E-state index in [2.05, 4.69) is 12.2 Å². The SMILES string of the molecule is CCCNCC(C)(O)c1ccccc1OC. The largest absolute Gasteiger partial charge is 0.496 e. The molecule has 0 radical (unpaired) electrons. The van der Waals surface area contributed by atoms with Crippen molar-refractivity contribution in [1.82, 2.24) is 5.32 Å². The maximum absolute atomic E-state index is 10.4. The summed E-state index contributed by atoms with van der Waals surface area (Å²) in [5.41, 5.74) is -0.0806. The lowest BCUT2D eigenvalue weighted by Crippen LogP contribution is -2.36. The molecule has 0 saturated heterocycles. The van der Waals surface area contributed by atoms with E-state index in [0.717, 1.165) is 24.3 Å². The van der Waals surface area contributed by atoms with Gasteiger partial charge in [0.2, 0.25) is 0 Å². The Morgan fingerprint density at radius 2 is 2.06 bits per heavy atom. The number of benzene rings is 1. The summed E-state index contributed by atoms with van der Waals surface area (Å²) in [6.45, 7) is 5.34. The number of hydrogen-bond acceptors (Lipinski definition) is 3. The van der Waals surface area contributed by atoms with Gasteiger partial charge in [0.25, 0.3) is 0 Å². The van der Waals surface area contributed by atoms with Crippen molar-refractivity contribution in [3.8, 4) is 5.75 Å². The Morgan fingerprint density at radius 3 is 2.69 bits per heavy atom. The van der Waals surface area contributed by atoms with E-state index in [9.17, 15) is 5.11 Å². The zero-order valence-corrected chi connectivity index (χ0v) is 10.3. The summed E-state index contributed by atoms with van der Waals surface area (Å²) in [5, 5.41) is 13.6. The normalized spacial score (nSPS) is 14.5. The predicted molar refractivity (Wildman–Crippen MR) is 65.7 cm³/mol. The maximum atomic E-state index is 10.4. The van der Waals surface area contributed by atoms with Crippen LogP contribution in [0.25, 0.3) is 0 Å². The molecule has 1 atom stereocenters. The van der Waals surface area contributed by atoms with E-state index < -0.39 is 5.60 Å². The monoisotopic (exact) mass is 223 g/mol. The van der Waals surface area contributed by atoms with Gasteiger partial charge in [-0.15, -0.1) is 0 Å². The minimum atomic E-state index is -0.901. The molecule has 2 N–H and O–H groups in total. The van der Waals surface area contributed by atoms with Crippen molar-refractivity contribution in [2.75, 3.05) is 20.2 Å². The molecule has 1 rings (SSSR count). The summed E-state index contributed by atoms with van der Waals surface area (Å²) < 4.78 is 5.25. The molecule has 0 heterocycles. The minimum Gasteiger partial charge on any atom is -0.496 e. The van der Waals surface area contributed by atoms with E-state index in [-0.39, 0.29) is 0 Å². The van der Waals surface area contributed by atoms with Crippen molar-refractivity contribution in [3.63, 3.8) is 0 Å². The lowest BCUT2D eigenvalue weighted by molar-refractivity contribution is 0.0546. The van der Waals surface area contributed by atoms with Crippen LogP contribution in [-0.2, 0) is 5.60 Å². The van der Waals surface area contributed by atoms with E-state index in [1.54, 1.807) is 14.0 Å². The van der Waals surface area contributed by atoms with Crippen LogP contribution in [0.4, 0.5) is 0 Å². The van der Waals surface area contributed by atoms with E-state index in [4.69, 9.17) is 4.74 Å². The van der Waals surface area contributed by atoms with Gasteiger partial charge in [0.1, 0.15) is 11.4 Å². The fraction of sp³-hybridized carbons (Fsp3) is 0.538. The third-order valence-corrected chi connectivity index (χ3v) is 2.58. The number of methoxy groups -OCH3 is 1. The summed E-state index contributed by atoms with van der Waals surface area (Å²) in [6, 6.07) is 7.57. The molecule has 0 bridgehead atoms. The number of hydrogen-bond donors (Lipinski definition) is 2. The molecule has 0 spiro atoms. The first-order valence-corrected chi connectivity index (χ1v) is 5.68. The van der Waals surface area contributed by atoms with Gasteiger partial charge in [0.15, 0.2) is 0 Å². The maximum Gasteiger partial charge on any atom is 0.124 e. The zero-order valence-electron chi connectivity index (χ0n) is 10.3. The summed E-state index contributed by atoms with van der Waals surface area (Å²) in [5.74, 6) is 0.728. The Hall–Kier alpha value is -1.06. The third kappa shape index (κ3) is 3.22. The molecule has 0 aromatic heterocycles. The molecular formula is C13H21NO2. The Morgan fingerprint density at radius 1 is 1.38 bits per heavy atom. The van der Waals surface area contributed by atoms with E-state index >= 15 is 0 Å². The second kappa shape index (κ2) is 5.87. The van der Waals surface area contributed by atoms with Crippen LogP contribution in [0.1, 0.15) is 25.8 Å². The molecule has 0 amide bonds. The molecule has 0 saturated carbocycles. The molecule has 0 fully saturated rings. The van der Waals surface area contributed by atoms with Gasteiger partial charge in [-0.1, -0.05) is 25.1 Å². The third-order valence-electron chi connectivity index (χ3n) is 2.58. The van der Waals surface area contributed by atoms with Gasteiger partial charge in [0, 0.05) is 12.1 Å². The summed E-state index contributed by atoms with van der Waals surface area (Å²) in [7, 11) is 1.62. The highest BCUT2D eigenvalue weighted by molar-refractivity contribution is 5.37. The fourth-order valence-corrected chi connectivity index (χ4v) is 1.69. The zero-order chi connectivity index (χ0) is 12.0. The fourth-order valence-electron chi connectivity index (χ4n) is 1.69. The highest BCUT2D eigenvalue weighted by Crippen LogP contribution is 2.28. The van der Waals surface area contributed by atoms with E-state index in [0.29, 0.717) is 6.54 Å². The molecule has 3 heteroatoms. The quantitative estimate of drug-likeness (QED) is 0.724. The van der Waals surface area contributed by atoms with Gasteiger partial charge in [0.05, 0.1) is 7.11 Å². The lowest BCUT2D eigenvalue weighted by atomic mass is 9.95. The average Bonchev–Trinajstić information content (AvgIpc) is 2.29. The van der Waals surface area contributed by atoms with Gasteiger partial charge in [-0.2, -0.15) is 0 Å². The van der Waals surface area contributed by atoms with Gasteiger partial charge in [-0.25, -0.2) is 0 Å². The van der Waals surface area contributed by atoms with Crippen LogP contribution in [0, 0.1) is 0 Å². The summed E-state index contributed by atoms with van der Waals surface area (Å²) >= 11 is 0. The second-order valence-corrected chi connectivity index (χ2v) is 4.15. The van der Waals surface area contributed by atoms with Gasteiger partial charge in [-0.05, 0) is 26.0 Å². The van der Waals surface area contributed by atoms with Crippen LogP contribution in [-0.4, -0.2) is 25.3 Å². The van der Waals surface area contributed by atoms with E-state index in [1.807, 2.05) is 24.3 Å². The van der Waals surface area contributed by atoms with Crippen molar-refractivity contribution < 1.29 is 9.84 Å². The molecule has 1 aromatic rings. The van der Waals surface area contributed by atoms with Crippen molar-refractivity contribution in [1.29, 1.82) is 0 Å². The number of aliphatic hydroxyl groups is 1. The number of rotatable bonds is 6. The lowest BCUT2D eigenvalue weighted by Gasteiger charge is -2.26. The van der Waals surface area contributed by atoms with Gasteiger partial charge < -0.3 is 15.2 Å². The Balaban J connectivity index is 2.79. The van der Waals surface area contributed by atoms with Crippen molar-refractivity contribution >= 4 is 0 Å². The highest BCUT2D eigenvalue weighted by atomic mass is 16.5. The van der Waals surface area contributed by atoms with Gasteiger partial charge >= 0.3 is 0 Å². The highest BCUT2D eigenvalue weighted by Gasteiger charge is 2.25. The first-order valence-electron chi connectivity index (χ1n) is 5.68. The molecule has 0 aliphatic carbocycles. The first-order chi connectivity index (χ1) is 7.61. The summed E-state index contributed by atoms with van der Waals surface area (Å²) in [4.78, 5) is 0. The smallest absolute Gasteiger partial charge is 0.124 e. The molecule has 1 unspecified atom stereocenters. The average molecular weight is 223 g/mol. The van der Waals surface area contributed by atoms with Crippen molar-refractivity contribution in [2.45, 2.75) is 25.9 Å². The molecule has 3 nitrogen and oxygen atoms in total. The van der Waals surface area contributed by atoms with Crippen LogP contribution in [0.3, 0.4) is 0 Å². The molecule has 0 aliphatic heterocycles. The molecule has 16 heavy (non-hydrogen) atoms. The topological polar surface area (TPSA) is 41.5 Å². The number of para-hydroxylation sites is 1. The molecule has 90 valence electrons. The molecule has 1 aromatic carbocycles. The molecule has 0 aliphatic rings. The first kappa shape index (κ1) is 13.0. The van der Waals surface area contributed by atoms with E-state index in [1.165, 1.54) is 0 Å². The van der Waals surface area contributed by atoms with Crippen LogP contribution in [0.2, 0.25) is 0 Å². The van der Waals surface area contributed by atoms with Crippen LogP contribution < -0.4 is 10.1 Å². The number of nitrogens with one attached hydrogen (secondary N) is 1. The predicted octanol–water partition coefficient (Wildman–Crippen LogP) is 1.90. The standard InChI is InChI=1S/C13H21NO2/c1-4-9-14-10-13(2,15)11-7-5-6-8-12(11)16-3/h5-8,14-15H,4,9-10H2,1-3H3. The Labute approximate surface area is 97.4 Å². The molecular weight excluding hydrogens is 202 g/mol. The Kier molecular flexibility index (Phi) is 4.77. The minimum absolute atomic E-state index is 0.529. The van der Waals surface area contributed by atoms with Gasteiger partial charge in [-0.3, -0.25) is 0 Å². The summed E-state index contributed by atoms with van der Waals surface area (Å²) in [6.07, 6.45) is 1.06. The van der Waals surface area contributed by atoms with Crippen molar-refractivity contribution in [2.24, 2.45) is 0 Å². The van der Waals surface area contributed by atoms with Crippen LogP contribution in [0.15, 0.2) is 24.3 Å². The Bertz CT molecular complexity index is 323. The van der Waals surface area contributed by atoms with Crippen molar-refractivity contribution in [3.05, 3.63) is 29.8 Å². The van der Waals surface area contributed by atoms with Crippen LogP contribution >= 0.6 is 0 Å².